The Balaban J connectivity index is 1.21. The molecular formula is C30H30ClN3O3S2. The van der Waals surface area contributed by atoms with Crippen LogP contribution in [0.4, 0.5) is 0 Å². The van der Waals surface area contributed by atoms with Gasteiger partial charge >= 0.3 is 0 Å². The molecule has 1 aliphatic heterocycles. The SMILES string of the molecule is Cc1ccc(S(=O)(=O)N2CCC(c3nc(C(=O)NCC(c4ccccc4)c4ccccc4)cs3)CC2)cc1Cl. The molecule has 9 heteroatoms. The van der Waals surface area contributed by atoms with Gasteiger partial charge in [-0.1, -0.05) is 78.3 Å². The van der Waals surface area contributed by atoms with Crippen LogP contribution in [0.1, 0.15) is 56.9 Å². The van der Waals surface area contributed by atoms with E-state index in [-0.39, 0.29) is 22.6 Å². The minimum atomic E-state index is -3.61. The Labute approximate surface area is 238 Å². The normalized spacial score (nSPS) is 14.9. The van der Waals surface area contributed by atoms with Gasteiger partial charge in [0.25, 0.3) is 5.91 Å². The van der Waals surface area contributed by atoms with E-state index < -0.39 is 10.0 Å². The van der Waals surface area contributed by atoms with Gasteiger partial charge in [0.05, 0.1) is 9.90 Å². The average molecular weight is 580 g/mol. The lowest BCUT2D eigenvalue weighted by Gasteiger charge is -2.30. The van der Waals surface area contributed by atoms with Crippen LogP contribution in [-0.4, -0.2) is 43.2 Å². The number of aromatic nitrogens is 1. The number of rotatable bonds is 8. The minimum absolute atomic E-state index is 0.0316. The molecule has 4 aromatic rings. The number of thiazole rings is 1. The zero-order valence-electron chi connectivity index (χ0n) is 21.6. The van der Waals surface area contributed by atoms with Gasteiger partial charge in [-0.3, -0.25) is 4.79 Å². The number of sulfonamides is 1. The average Bonchev–Trinajstić information content (AvgIpc) is 3.46. The lowest BCUT2D eigenvalue weighted by atomic mass is 9.91. The summed E-state index contributed by atoms with van der Waals surface area (Å²) in [5, 5.41) is 6.18. The van der Waals surface area contributed by atoms with Crippen molar-refractivity contribution >= 4 is 38.9 Å². The summed E-state index contributed by atoms with van der Waals surface area (Å²) in [6.45, 7) is 3.10. The first-order chi connectivity index (χ1) is 18.8. The second kappa shape index (κ2) is 12.0. The Hall–Kier alpha value is -3.04. The van der Waals surface area contributed by atoms with Gasteiger partial charge in [0.15, 0.2) is 0 Å². The highest BCUT2D eigenvalue weighted by Gasteiger charge is 2.31. The number of carbonyl (C=O) groups is 1. The molecule has 0 saturated carbocycles. The van der Waals surface area contributed by atoms with E-state index in [2.05, 4.69) is 34.6 Å². The number of nitrogens with zero attached hydrogens (tertiary/aromatic N) is 2. The molecule has 0 bridgehead atoms. The van der Waals surface area contributed by atoms with Crippen LogP contribution in [-0.2, 0) is 10.0 Å². The van der Waals surface area contributed by atoms with Crippen LogP contribution in [0.5, 0.6) is 0 Å². The molecular weight excluding hydrogens is 550 g/mol. The zero-order chi connectivity index (χ0) is 27.4. The van der Waals surface area contributed by atoms with Crippen molar-refractivity contribution in [2.75, 3.05) is 19.6 Å². The minimum Gasteiger partial charge on any atom is -0.350 e. The molecule has 1 N–H and O–H groups in total. The third-order valence-electron chi connectivity index (χ3n) is 7.21. The van der Waals surface area contributed by atoms with Gasteiger partial charge in [-0.2, -0.15) is 4.31 Å². The number of nitrogens with one attached hydrogen (secondary N) is 1. The maximum Gasteiger partial charge on any atom is 0.270 e. The summed E-state index contributed by atoms with van der Waals surface area (Å²) in [7, 11) is -3.61. The molecule has 0 radical (unpaired) electrons. The highest BCUT2D eigenvalue weighted by Crippen LogP contribution is 2.33. The Morgan fingerprint density at radius 3 is 2.23 bits per heavy atom. The van der Waals surface area contributed by atoms with Crippen molar-refractivity contribution in [1.82, 2.24) is 14.6 Å². The monoisotopic (exact) mass is 579 g/mol. The highest BCUT2D eigenvalue weighted by atomic mass is 35.5. The summed E-state index contributed by atoms with van der Waals surface area (Å²) >= 11 is 7.63. The molecule has 1 aromatic heterocycles. The van der Waals surface area contributed by atoms with Gasteiger partial charge in [0, 0.05) is 41.9 Å². The number of halogens is 1. The molecule has 202 valence electrons. The van der Waals surface area contributed by atoms with Gasteiger partial charge in [-0.15, -0.1) is 11.3 Å². The van der Waals surface area contributed by atoms with E-state index in [0.29, 0.717) is 43.2 Å². The molecule has 1 aliphatic rings. The Kier molecular flexibility index (Phi) is 8.47. The van der Waals surface area contributed by atoms with Crippen LogP contribution in [0.2, 0.25) is 5.02 Å². The smallest absolute Gasteiger partial charge is 0.270 e. The summed E-state index contributed by atoms with van der Waals surface area (Å²) in [4.78, 5) is 17.9. The lowest BCUT2D eigenvalue weighted by Crippen LogP contribution is -2.37. The maximum atomic E-state index is 13.1. The topological polar surface area (TPSA) is 79.4 Å². The van der Waals surface area contributed by atoms with Crippen molar-refractivity contribution in [3.63, 3.8) is 0 Å². The molecule has 2 heterocycles. The summed E-state index contributed by atoms with van der Waals surface area (Å²) in [5.74, 6) is -0.0549. The van der Waals surface area contributed by atoms with Gasteiger partial charge < -0.3 is 5.32 Å². The fraction of sp³-hybridized carbons (Fsp3) is 0.267. The summed E-state index contributed by atoms with van der Waals surface area (Å²) < 4.78 is 27.8. The molecule has 3 aromatic carbocycles. The molecule has 1 saturated heterocycles. The van der Waals surface area contributed by atoms with Crippen molar-refractivity contribution in [3.8, 4) is 0 Å². The van der Waals surface area contributed by atoms with E-state index in [1.165, 1.54) is 21.7 Å². The molecule has 1 amide bonds. The second-order valence-corrected chi connectivity index (χ2v) is 13.0. The van der Waals surface area contributed by atoms with Crippen LogP contribution in [0, 0.1) is 6.92 Å². The zero-order valence-corrected chi connectivity index (χ0v) is 24.0. The largest absolute Gasteiger partial charge is 0.350 e. The molecule has 0 atom stereocenters. The predicted molar refractivity (Wildman–Crippen MR) is 156 cm³/mol. The van der Waals surface area contributed by atoms with Crippen LogP contribution in [0.3, 0.4) is 0 Å². The van der Waals surface area contributed by atoms with Gasteiger partial charge in [-0.25, -0.2) is 13.4 Å². The van der Waals surface area contributed by atoms with E-state index >= 15 is 0 Å². The van der Waals surface area contributed by atoms with Crippen LogP contribution >= 0.6 is 22.9 Å². The second-order valence-electron chi connectivity index (χ2n) is 9.74. The first-order valence-corrected chi connectivity index (χ1v) is 15.6. The van der Waals surface area contributed by atoms with Crippen molar-refractivity contribution in [2.45, 2.75) is 36.5 Å². The van der Waals surface area contributed by atoms with E-state index in [4.69, 9.17) is 11.6 Å². The Bertz CT molecular complexity index is 1490. The van der Waals surface area contributed by atoms with Crippen molar-refractivity contribution < 1.29 is 13.2 Å². The lowest BCUT2D eigenvalue weighted by molar-refractivity contribution is 0.0948. The van der Waals surface area contributed by atoms with Gasteiger partial charge in [-0.05, 0) is 48.6 Å². The van der Waals surface area contributed by atoms with E-state index in [1.807, 2.05) is 43.3 Å². The summed E-state index contributed by atoms with van der Waals surface area (Å²) in [6, 6.07) is 25.1. The standard InChI is InChI=1S/C30H30ClN3O3S2/c1-21-12-13-25(18-27(21)31)39(36,37)34-16-14-24(15-17-34)30-33-28(20-38-30)29(35)32-19-26(22-8-4-2-5-9-22)23-10-6-3-7-11-23/h2-13,18,20,24,26H,14-17,19H2,1H3,(H,32,35). The third kappa shape index (κ3) is 6.25. The first-order valence-electron chi connectivity index (χ1n) is 12.9. The fourth-order valence-corrected chi connectivity index (χ4v) is 7.60. The quantitative estimate of drug-likeness (QED) is 0.268. The number of hydrogen-bond acceptors (Lipinski definition) is 5. The number of benzene rings is 3. The molecule has 0 unspecified atom stereocenters. The van der Waals surface area contributed by atoms with Crippen molar-refractivity contribution in [1.29, 1.82) is 0 Å². The van der Waals surface area contributed by atoms with Gasteiger partial charge in [0.2, 0.25) is 10.0 Å². The Morgan fingerprint density at radius 2 is 1.64 bits per heavy atom. The van der Waals surface area contributed by atoms with Crippen LogP contribution in [0.15, 0.2) is 89.1 Å². The molecule has 6 nitrogen and oxygen atoms in total. The highest BCUT2D eigenvalue weighted by molar-refractivity contribution is 7.89. The number of aryl methyl sites for hydroxylation is 1. The van der Waals surface area contributed by atoms with E-state index in [1.54, 1.807) is 17.5 Å². The summed E-state index contributed by atoms with van der Waals surface area (Å²) in [6.07, 6.45) is 1.30. The molecule has 5 rings (SSSR count). The van der Waals surface area contributed by atoms with E-state index in [9.17, 15) is 13.2 Å². The van der Waals surface area contributed by atoms with Crippen LogP contribution in [0.25, 0.3) is 0 Å². The van der Waals surface area contributed by atoms with Crippen molar-refractivity contribution in [2.24, 2.45) is 0 Å². The number of piperidine rings is 1. The molecule has 0 spiro atoms. The van der Waals surface area contributed by atoms with Crippen molar-refractivity contribution in [3.05, 3.63) is 117 Å². The van der Waals surface area contributed by atoms with Crippen LogP contribution < -0.4 is 5.32 Å². The number of hydrogen-bond donors (Lipinski definition) is 1. The predicted octanol–water partition coefficient (Wildman–Crippen LogP) is 6.24. The Morgan fingerprint density at radius 1 is 1.03 bits per heavy atom. The number of amides is 1. The third-order valence-corrected chi connectivity index (χ3v) is 10.5. The maximum absolute atomic E-state index is 13.1. The van der Waals surface area contributed by atoms with Gasteiger partial charge in [0.1, 0.15) is 5.69 Å². The molecule has 39 heavy (non-hydrogen) atoms. The molecule has 1 fully saturated rings. The fourth-order valence-electron chi connectivity index (χ4n) is 4.89. The molecule has 0 aliphatic carbocycles. The first kappa shape index (κ1) is 27.5. The van der Waals surface area contributed by atoms with E-state index in [0.717, 1.165) is 21.7 Å². The number of carbonyl (C=O) groups excluding carboxylic acids is 1. The summed E-state index contributed by atoms with van der Waals surface area (Å²) in [5.41, 5.74) is 3.52.